The quantitative estimate of drug-likeness (QED) is 0.0869. The van der Waals surface area contributed by atoms with E-state index in [-0.39, 0.29) is 30.0 Å². The summed E-state index contributed by atoms with van der Waals surface area (Å²) < 4.78 is 17.0. The summed E-state index contributed by atoms with van der Waals surface area (Å²) >= 11 is 0. The zero-order valence-electron chi connectivity index (χ0n) is 23.5. The first-order valence-electron chi connectivity index (χ1n) is 14.0. The Labute approximate surface area is 229 Å². The van der Waals surface area contributed by atoms with Crippen LogP contribution in [0.25, 0.3) is 0 Å². The molecule has 6 N–H and O–H groups in total. The summed E-state index contributed by atoms with van der Waals surface area (Å²) in [6.07, 6.45) is -3.16. The summed E-state index contributed by atoms with van der Waals surface area (Å²) in [4.78, 5) is 16.3. The molecule has 4 rings (SSSR count). The minimum atomic E-state index is -1.51. The minimum absolute atomic E-state index is 0.0447. The molecule has 0 aromatic rings. The highest BCUT2D eigenvalue weighted by molar-refractivity contribution is 5.65. The molecule has 0 amide bonds. The maximum Gasteiger partial charge on any atom is 0.302 e. The first-order valence-corrected chi connectivity index (χ1v) is 14.0. The average molecular weight is 559 g/mol. The van der Waals surface area contributed by atoms with Gasteiger partial charge in [-0.15, -0.1) is 0 Å². The number of carbonyl (C=O) groups excluding carboxylic acids is 1. The van der Waals surface area contributed by atoms with Gasteiger partial charge < -0.3 is 39.7 Å². The van der Waals surface area contributed by atoms with Crippen LogP contribution in [0.4, 0.5) is 0 Å². The van der Waals surface area contributed by atoms with E-state index in [1.54, 1.807) is 0 Å². The van der Waals surface area contributed by atoms with Crippen LogP contribution in [0.5, 0.6) is 0 Å². The Morgan fingerprint density at radius 1 is 1.10 bits per heavy atom. The molecule has 0 aromatic heterocycles. The van der Waals surface area contributed by atoms with Crippen molar-refractivity contribution < 1.29 is 54.7 Å². The maximum absolute atomic E-state index is 11.3. The smallest absolute Gasteiger partial charge is 0.302 e. The first kappa shape index (κ1) is 30.8. The molecule has 1 heterocycles. The van der Waals surface area contributed by atoms with E-state index < -0.39 is 66.3 Å². The van der Waals surface area contributed by atoms with Crippen molar-refractivity contribution in [3.63, 3.8) is 0 Å². The van der Waals surface area contributed by atoms with Gasteiger partial charge in [-0.25, -0.2) is 4.89 Å². The second-order valence-electron chi connectivity index (χ2n) is 13.1. The fraction of sp³-hybridized carbons (Fsp3) is 0.893. The van der Waals surface area contributed by atoms with Gasteiger partial charge in [-0.3, -0.25) is 10.1 Å². The second kappa shape index (κ2) is 11.3. The number of aliphatic hydroxyl groups excluding tert-OH is 5. The van der Waals surface area contributed by atoms with E-state index in [4.69, 9.17) is 19.1 Å². The van der Waals surface area contributed by atoms with Crippen molar-refractivity contribution in [1.82, 2.24) is 0 Å². The number of rotatable bonds is 7. The molecular weight excluding hydrogens is 512 g/mol. The summed E-state index contributed by atoms with van der Waals surface area (Å²) in [5.74, 6) is -0.313. The van der Waals surface area contributed by atoms with Crippen molar-refractivity contribution in [2.24, 2.45) is 28.1 Å². The molecule has 39 heavy (non-hydrogen) atoms. The molecule has 1 aliphatic heterocycles. The molecule has 3 aliphatic carbocycles. The zero-order valence-corrected chi connectivity index (χ0v) is 23.5. The van der Waals surface area contributed by atoms with Crippen molar-refractivity contribution in [3.05, 3.63) is 11.6 Å². The molecular formula is C28H46O11. The monoisotopic (exact) mass is 558 g/mol. The molecule has 11 nitrogen and oxygen atoms in total. The zero-order chi connectivity index (χ0) is 28.9. The fourth-order valence-corrected chi connectivity index (χ4v) is 7.94. The van der Waals surface area contributed by atoms with Gasteiger partial charge in [0.2, 0.25) is 0 Å². The van der Waals surface area contributed by atoms with Crippen LogP contribution >= 0.6 is 0 Å². The van der Waals surface area contributed by atoms with E-state index in [9.17, 15) is 35.6 Å². The van der Waals surface area contributed by atoms with E-state index in [0.29, 0.717) is 19.3 Å². The van der Waals surface area contributed by atoms with E-state index in [2.05, 4.69) is 20.8 Å². The average Bonchev–Trinajstić information content (AvgIpc) is 2.88. The molecule has 2 saturated carbocycles. The van der Waals surface area contributed by atoms with Crippen LogP contribution < -0.4 is 0 Å². The van der Waals surface area contributed by atoms with Crippen LogP contribution in [-0.4, -0.2) is 99.0 Å². The third-order valence-corrected chi connectivity index (χ3v) is 10.4. The van der Waals surface area contributed by atoms with E-state index in [1.807, 2.05) is 13.0 Å². The minimum Gasteiger partial charge on any atom is -0.463 e. The van der Waals surface area contributed by atoms with Gasteiger partial charge in [-0.1, -0.05) is 33.8 Å². The number of fused-ring (bicyclic) bond motifs is 3. The third kappa shape index (κ3) is 5.42. The fourth-order valence-electron chi connectivity index (χ4n) is 7.94. The van der Waals surface area contributed by atoms with Gasteiger partial charge in [0.05, 0.1) is 18.8 Å². The van der Waals surface area contributed by atoms with Gasteiger partial charge >= 0.3 is 5.97 Å². The lowest BCUT2D eigenvalue weighted by molar-refractivity contribution is -0.331. The van der Waals surface area contributed by atoms with Gasteiger partial charge in [0.15, 0.2) is 6.29 Å². The Hall–Kier alpha value is -1.15. The van der Waals surface area contributed by atoms with Crippen molar-refractivity contribution in [2.75, 3.05) is 13.2 Å². The van der Waals surface area contributed by atoms with Gasteiger partial charge in [-0.2, -0.15) is 0 Å². The van der Waals surface area contributed by atoms with Crippen molar-refractivity contribution in [3.8, 4) is 0 Å². The number of esters is 1. The molecule has 4 aliphatic rings. The van der Waals surface area contributed by atoms with Gasteiger partial charge in [0.25, 0.3) is 0 Å². The Balaban J connectivity index is 1.57. The molecule has 0 bridgehead atoms. The van der Waals surface area contributed by atoms with Crippen LogP contribution in [0, 0.1) is 28.1 Å². The van der Waals surface area contributed by atoms with Crippen LogP contribution in [0.2, 0.25) is 0 Å². The summed E-state index contributed by atoms with van der Waals surface area (Å²) in [5, 5.41) is 61.3. The van der Waals surface area contributed by atoms with E-state index in [0.717, 1.165) is 18.4 Å². The molecule has 224 valence electrons. The van der Waals surface area contributed by atoms with Gasteiger partial charge in [0.1, 0.15) is 37.1 Å². The number of aliphatic hydroxyl groups is 5. The molecule has 0 radical (unpaired) electrons. The van der Waals surface area contributed by atoms with Crippen molar-refractivity contribution >= 4 is 5.97 Å². The third-order valence-electron chi connectivity index (χ3n) is 10.4. The van der Waals surface area contributed by atoms with E-state index >= 15 is 0 Å². The summed E-state index contributed by atoms with van der Waals surface area (Å²) in [7, 11) is 0. The molecule has 0 aromatic carbocycles. The van der Waals surface area contributed by atoms with Crippen molar-refractivity contribution in [1.29, 1.82) is 0 Å². The van der Waals surface area contributed by atoms with Crippen molar-refractivity contribution in [2.45, 2.75) is 116 Å². The Kier molecular flexibility index (Phi) is 8.89. The highest BCUT2D eigenvalue weighted by Gasteiger charge is 2.61. The predicted octanol–water partition coefficient (Wildman–Crippen LogP) is 1.14. The number of hydrogen-bond donors (Lipinski definition) is 6. The Morgan fingerprint density at radius 3 is 2.41 bits per heavy atom. The SMILES string of the molecule is CC(=O)OCC(O)C1(C)C=C2C(OO)CC3C(C)(C)C(OC4OC(CO)C(O)C(O)C4O)CCC3(C)C2CC1. The summed E-state index contributed by atoms with van der Waals surface area (Å²) in [5.41, 5.74) is -0.304. The molecule has 0 spiro atoms. The number of hydrogen-bond acceptors (Lipinski definition) is 11. The normalized spacial score (nSPS) is 46.4. The highest BCUT2D eigenvalue weighted by atomic mass is 17.1. The second-order valence-corrected chi connectivity index (χ2v) is 13.1. The topological polar surface area (TPSA) is 175 Å². The lowest BCUT2D eigenvalue weighted by atomic mass is 9.44. The summed E-state index contributed by atoms with van der Waals surface area (Å²) in [6, 6.07) is 0. The lowest BCUT2D eigenvalue weighted by Crippen LogP contribution is -2.63. The standard InChI is InChI=1S/C28H46O11/c1-14(30)36-13-20(31)27(4)8-6-16-15(11-27)17(39-35)10-19-26(2,3)21(7-9-28(16,19)5)38-25-24(34)23(33)22(32)18(12-29)37-25/h11,16-25,29,31-35H,6-10,12-13H2,1-5H3. The molecule has 11 heteroatoms. The Morgan fingerprint density at radius 2 is 1.79 bits per heavy atom. The molecule has 12 unspecified atom stereocenters. The number of ether oxygens (including phenoxy) is 3. The van der Waals surface area contributed by atoms with Crippen LogP contribution in [0.3, 0.4) is 0 Å². The largest absolute Gasteiger partial charge is 0.463 e. The Bertz CT molecular complexity index is 921. The van der Waals surface area contributed by atoms with E-state index in [1.165, 1.54) is 6.92 Å². The van der Waals surface area contributed by atoms with Crippen LogP contribution in [-0.2, 0) is 23.9 Å². The lowest BCUT2D eigenvalue weighted by Gasteiger charge is -2.63. The molecule has 1 saturated heterocycles. The maximum atomic E-state index is 11.3. The van der Waals surface area contributed by atoms with Gasteiger partial charge in [-0.05, 0) is 60.3 Å². The first-order chi connectivity index (χ1) is 18.2. The molecule has 12 atom stereocenters. The number of carbonyl (C=O) groups is 1. The predicted molar refractivity (Wildman–Crippen MR) is 137 cm³/mol. The summed E-state index contributed by atoms with van der Waals surface area (Å²) in [6.45, 7) is 9.04. The molecule has 3 fully saturated rings. The van der Waals surface area contributed by atoms with Crippen LogP contribution in [0.1, 0.15) is 66.7 Å². The highest BCUT2D eigenvalue weighted by Crippen LogP contribution is 2.65. The van der Waals surface area contributed by atoms with Crippen LogP contribution in [0.15, 0.2) is 11.6 Å². The van der Waals surface area contributed by atoms with Gasteiger partial charge in [0, 0.05) is 12.3 Å².